The van der Waals surface area contributed by atoms with Gasteiger partial charge in [0.1, 0.15) is 5.82 Å². The number of hydrazone groups is 1. The number of hydrogen-bond donors (Lipinski definition) is 2. The number of aromatic nitrogens is 1. The van der Waals surface area contributed by atoms with Crippen LogP contribution >= 0.6 is 11.6 Å². The monoisotopic (exact) mass is 352 g/mol. The standard InChI is InChI=1S/C19H17ClN4O/c1-12-9-19(23-18-8-5-15(20)10-17(12)18)24-21-11-14-3-6-16(7-4-14)22-13(2)25/h3-11H,1-2H3,(H,22,25)(H,23,24)/b21-11+. The first-order valence-electron chi connectivity index (χ1n) is 7.75. The number of aryl methyl sites for hydroxylation is 1. The summed E-state index contributed by atoms with van der Waals surface area (Å²) in [5.74, 6) is 0.570. The van der Waals surface area contributed by atoms with E-state index in [1.807, 2.05) is 55.5 Å². The Labute approximate surface area is 150 Å². The minimum Gasteiger partial charge on any atom is -0.326 e. The minimum absolute atomic E-state index is 0.0953. The van der Waals surface area contributed by atoms with Gasteiger partial charge in [0.2, 0.25) is 5.91 Å². The van der Waals surface area contributed by atoms with Crippen molar-refractivity contribution in [2.45, 2.75) is 13.8 Å². The molecule has 0 bridgehead atoms. The molecule has 2 aromatic carbocycles. The lowest BCUT2D eigenvalue weighted by atomic mass is 10.1. The van der Waals surface area contributed by atoms with E-state index < -0.39 is 0 Å². The normalized spacial score (nSPS) is 11.0. The molecule has 25 heavy (non-hydrogen) atoms. The Hall–Kier alpha value is -2.92. The van der Waals surface area contributed by atoms with Gasteiger partial charge < -0.3 is 5.32 Å². The number of rotatable bonds is 4. The summed E-state index contributed by atoms with van der Waals surface area (Å²) in [7, 11) is 0. The van der Waals surface area contributed by atoms with Gasteiger partial charge in [0.15, 0.2) is 0 Å². The van der Waals surface area contributed by atoms with E-state index in [1.165, 1.54) is 6.92 Å². The molecule has 6 heteroatoms. The van der Waals surface area contributed by atoms with Crippen molar-refractivity contribution < 1.29 is 4.79 Å². The van der Waals surface area contributed by atoms with Crippen LogP contribution in [0.25, 0.3) is 10.9 Å². The smallest absolute Gasteiger partial charge is 0.221 e. The second-order valence-electron chi connectivity index (χ2n) is 5.66. The number of benzene rings is 2. The summed E-state index contributed by atoms with van der Waals surface area (Å²) in [4.78, 5) is 15.5. The maximum Gasteiger partial charge on any atom is 0.221 e. The Morgan fingerprint density at radius 3 is 2.64 bits per heavy atom. The van der Waals surface area contributed by atoms with Crippen LogP contribution in [0.15, 0.2) is 53.6 Å². The number of amides is 1. The van der Waals surface area contributed by atoms with Crippen LogP contribution in [0.2, 0.25) is 5.02 Å². The third kappa shape index (κ3) is 4.33. The first kappa shape index (κ1) is 16.9. The molecule has 0 fully saturated rings. The number of fused-ring (bicyclic) bond motifs is 1. The van der Waals surface area contributed by atoms with Gasteiger partial charge in [0.25, 0.3) is 0 Å². The molecular formula is C19H17ClN4O. The van der Waals surface area contributed by atoms with E-state index in [0.29, 0.717) is 10.8 Å². The van der Waals surface area contributed by atoms with Crippen molar-refractivity contribution in [1.82, 2.24) is 4.98 Å². The Balaban J connectivity index is 1.72. The molecule has 3 aromatic rings. The predicted molar refractivity (Wildman–Crippen MR) is 103 cm³/mol. The van der Waals surface area contributed by atoms with Crippen LogP contribution < -0.4 is 10.7 Å². The Morgan fingerprint density at radius 1 is 1.16 bits per heavy atom. The molecule has 0 radical (unpaired) electrons. The van der Waals surface area contributed by atoms with E-state index in [1.54, 1.807) is 6.21 Å². The first-order chi connectivity index (χ1) is 12.0. The molecule has 0 unspecified atom stereocenters. The first-order valence-corrected chi connectivity index (χ1v) is 8.13. The van der Waals surface area contributed by atoms with E-state index in [2.05, 4.69) is 20.8 Å². The Kier molecular flexibility index (Phi) is 4.95. The maximum atomic E-state index is 11.0. The van der Waals surface area contributed by atoms with Gasteiger partial charge in [-0.1, -0.05) is 23.7 Å². The lowest BCUT2D eigenvalue weighted by Crippen LogP contribution is -2.05. The van der Waals surface area contributed by atoms with E-state index in [0.717, 1.165) is 27.7 Å². The molecule has 1 aromatic heterocycles. The summed E-state index contributed by atoms with van der Waals surface area (Å²) in [6.45, 7) is 3.49. The van der Waals surface area contributed by atoms with E-state index in [-0.39, 0.29) is 5.91 Å². The third-order valence-electron chi connectivity index (χ3n) is 3.60. The molecule has 2 N–H and O–H groups in total. The molecule has 0 aliphatic heterocycles. The fourth-order valence-electron chi connectivity index (χ4n) is 2.45. The number of hydrogen-bond acceptors (Lipinski definition) is 4. The van der Waals surface area contributed by atoms with Crippen molar-refractivity contribution in [1.29, 1.82) is 0 Å². The van der Waals surface area contributed by atoms with E-state index in [9.17, 15) is 4.79 Å². The molecule has 3 rings (SSSR count). The van der Waals surface area contributed by atoms with Crippen molar-refractivity contribution in [3.05, 3.63) is 64.7 Å². The minimum atomic E-state index is -0.0953. The predicted octanol–water partition coefficient (Wildman–Crippen LogP) is 4.60. The molecule has 0 saturated heterocycles. The SMILES string of the molecule is CC(=O)Nc1ccc(/C=N/Nc2cc(C)c3cc(Cl)ccc3n2)cc1. The molecule has 126 valence electrons. The molecule has 0 atom stereocenters. The second-order valence-corrected chi connectivity index (χ2v) is 6.10. The van der Waals surface area contributed by atoms with Gasteiger partial charge in [0, 0.05) is 23.0 Å². The van der Waals surface area contributed by atoms with Crippen molar-refractivity contribution in [2.75, 3.05) is 10.7 Å². The average molecular weight is 353 g/mol. The zero-order valence-electron chi connectivity index (χ0n) is 13.9. The van der Waals surface area contributed by atoms with Gasteiger partial charge >= 0.3 is 0 Å². The molecule has 0 saturated carbocycles. The molecule has 0 spiro atoms. The van der Waals surface area contributed by atoms with Crippen molar-refractivity contribution >= 4 is 46.1 Å². The lowest BCUT2D eigenvalue weighted by molar-refractivity contribution is -0.114. The van der Waals surface area contributed by atoms with Crippen molar-refractivity contribution in [3.8, 4) is 0 Å². The van der Waals surface area contributed by atoms with Gasteiger partial charge in [-0.05, 0) is 54.4 Å². The summed E-state index contributed by atoms with van der Waals surface area (Å²) >= 11 is 6.03. The van der Waals surface area contributed by atoms with Crippen LogP contribution in [0.3, 0.4) is 0 Å². The van der Waals surface area contributed by atoms with Crippen molar-refractivity contribution in [3.63, 3.8) is 0 Å². The number of nitrogens with one attached hydrogen (secondary N) is 2. The van der Waals surface area contributed by atoms with Crippen LogP contribution in [0, 0.1) is 6.92 Å². The topological polar surface area (TPSA) is 66.4 Å². The average Bonchev–Trinajstić information content (AvgIpc) is 2.57. The summed E-state index contributed by atoms with van der Waals surface area (Å²) in [5, 5.41) is 8.66. The maximum absolute atomic E-state index is 11.0. The number of carbonyl (C=O) groups is 1. The fraction of sp³-hybridized carbons (Fsp3) is 0.105. The zero-order valence-corrected chi connectivity index (χ0v) is 14.6. The number of carbonyl (C=O) groups excluding carboxylic acids is 1. The highest BCUT2D eigenvalue weighted by Crippen LogP contribution is 2.23. The Bertz CT molecular complexity index is 952. The van der Waals surface area contributed by atoms with Crippen LogP contribution in [-0.4, -0.2) is 17.1 Å². The molecule has 0 aliphatic carbocycles. The Morgan fingerprint density at radius 2 is 1.92 bits per heavy atom. The van der Waals surface area contributed by atoms with Gasteiger partial charge in [-0.2, -0.15) is 5.10 Å². The third-order valence-corrected chi connectivity index (χ3v) is 3.84. The van der Waals surface area contributed by atoms with Crippen LogP contribution in [0.1, 0.15) is 18.1 Å². The molecule has 1 heterocycles. The van der Waals surface area contributed by atoms with Crippen LogP contribution in [-0.2, 0) is 4.79 Å². The van der Waals surface area contributed by atoms with Gasteiger partial charge in [-0.3, -0.25) is 10.2 Å². The lowest BCUT2D eigenvalue weighted by Gasteiger charge is -2.06. The largest absolute Gasteiger partial charge is 0.326 e. The fourth-order valence-corrected chi connectivity index (χ4v) is 2.62. The summed E-state index contributed by atoms with van der Waals surface area (Å²) in [6, 6.07) is 14.9. The number of nitrogens with zero attached hydrogens (tertiary/aromatic N) is 2. The van der Waals surface area contributed by atoms with Gasteiger partial charge in [-0.15, -0.1) is 0 Å². The van der Waals surface area contributed by atoms with Crippen LogP contribution in [0.5, 0.6) is 0 Å². The van der Waals surface area contributed by atoms with Gasteiger partial charge in [0.05, 0.1) is 11.7 Å². The molecular weight excluding hydrogens is 336 g/mol. The highest BCUT2D eigenvalue weighted by molar-refractivity contribution is 6.31. The van der Waals surface area contributed by atoms with E-state index in [4.69, 9.17) is 11.6 Å². The van der Waals surface area contributed by atoms with E-state index >= 15 is 0 Å². The molecule has 5 nitrogen and oxygen atoms in total. The summed E-state index contributed by atoms with van der Waals surface area (Å²) in [5.41, 5.74) is 6.54. The number of halogens is 1. The highest BCUT2D eigenvalue weighted by atomic mass is 35.5. The molecule has 0 aliphatic rings. The number of anilines is 2. The highest BCUT2D eigenvalue weighted by Gasteiger charge is 2.03. The number of pyridine rings is 1. The zero-order chi connectivity index (χ0) is 17.8. The second kappa shape index (κ2) is 7.32. The van der Waals surface area contributed by atoms with Crippen LogP contribution in [0.4, 0.5) is 11.5 Å². The van der Waals surface area contributed by atoms with Gasteiger partial charge in [-0.25, -0.2) is 4.98 Å². The summed E-state index contributed by atoms with van der Waals surface area (Å²) in [6.07, 6.45) is 1.70. The van der Waals surface area contributed by atoms with Crippen molar-refractivity contribution in [2.24, 2.45) is 5.10 Å². The summed E-state index contributed by atoms with van der Waals surface area (Å²) < 4.78 is 0. The molecule has 1 amide bonds. The quantitative estimate of drug-likeness (QED) is 0.532.